The number of halogens is 1. The van der Waals surface area contributed by atoms with Crippen LogP contribution < -0.4 is 5.32 Å². The quantitative estimate of drug-likeness (QED) is 0.525. The van der Waals surface area contributed by atoms with Crippen LogP contribution in [0.5, 0.6) is 0 Å². The molecule has 1 aliphatic carbocycles. The first-order chi connectivity index (χ1) is 9.93. The molecular weight excluding hydrogens is 294 g/mol. The number of rotatable bonds is 4. The average Bonchev–Trinajstić information content (AvgIpc) is 2.45. The van der Waals surface area contributed by atoms with Gasteiger partial charge in [-0.05, 0) is 24.3 Å². The largest absolute Gasteiger partial charge is 0.351 e. The van der Waals surface area contributed by atoms with Crippen LogP contribution in [-0.4, -0.2) is 22.4 Å². The minimum Gasteiger partial charge on any atom is -0.351 e. The van der Waals surface area contributed by atoms with Crippen LogP contribution in [0.1, 0.15) is 49.4 Å². The van der Waals surface area contributed by atoms with Gasteiger partial charge in [0.05, 0.1) is 4.92 Å². The van der Waals surface area contributed by atoms with Crippen molar-refractivity contribution in [1.29, 1.82) is 0 Å². The van der Waals surface area contributed by atoms with E-state index in [1.54, 1.807) is 0 Å². The maximum absolute atomic E-state index is 12.2. The third-order valence-corrected chi connectivity index (χ3v) is 4.32. The molecule has 1 amide bonds. The first kappa shape index (κ1) is 15.7. The van der Waals surface area contributed by atoms with Gasteiger partial charge in [-0.25, -0.2) is 4.98 Å². The fourth-order valence-corrected chi connectivity index (χ4v) is 2.98. The monoisotopic (exact) mass is 311 g/mol. The Morgan fingerprint density at radius 3 is 2.76 bits per heavy atom. The maximum atomic E-state index is 12.2. The van der Waals surface area contributed by atoms with Gasteiger partial charge in [-0.1, -0.05) is 37.8 Å². The number of pyridine rings is 1. The summed E-state index contributed by atoms with van der Waals surface area (Å²) in [6, 6.07) is 1.32. The van der Waals surface area contributed by atoms with Crippen molar-refractivity contribution in [2.24, 2.45) is 5.41 Å². The molecule has 1 fully saturated rings. The van der Waals surface area contributed by atoms with E-state index in [-0.39, 0.29) is 16.1 Å². The molecule has 1 aromatic heterocycles. The highest BCUT2D eigenvalue weighted by Gasteiger charge is 2.29. The minimum atomic E-state index is -0.674. The van der Waals surface area contributed by atoms with E-state index in [2.05, 4.69) is 17.2 Å². The van der Waals surface area contributed by atoms with Crippen molar-refractivity contribution in [3.63, 3.8) is 0 Å². The average molecular weight is 312 g/mol. The van der Waals surface area contributed by atoms with Crippen LogP contribution in [0, 0.1) is 15.5 Å². The number of hydrogen-bond acceptors (Lipinski definition) is 4. The van der Waals surface area contributed by atoms with Gasteiger partial charge in [-0.3, -0.25) is 14.9 Å². The minimum absolute atomic E-state index is 0.0422. The standard InChI is InChI=1S/C14H18ClN3O3/c1-14(6-3-2-4-7-14)9-17-13(19)10-5-8-16-12(15)11(10)18(20)21/h5,8H,2-4,6-7,9H2,1H3,(H,17,19). The molecule has 1 saturated carbocycles. The summed E-state index contributed by atoms with van der Waals surface area (Å²) in [4.78, 5) is 26.2. The Bertz CT molecular complexity index is 556. The fourth-order valence-electron chi connectivity index (χ4n) is 2.76. The number of hydrogen-bond donors (Lipinski definition) is 1. The Hall–Kier alpha value is -1.69. The summed E-state index contributed by atoms with van der Waals surface area (Å²) in [6.07, 6.45) is 6.97. The molecule has 21 heavy (non-hydrogen) atoms. The van der Waals surface area contributed by atoms with E-state index in [9.17, 15) is 14.9 Å². The third-order valence-electron chi connectivity index (χ3n) is 4.04. The molecule has 6 nitrogen and oxygen atoms in total. The van der Waals surface area contributed by atoms with Gasteiger partial charge in [0.2, 0.25) is 5.15 Å². The van der Waals surface area contributed by atoms with E-state index in [4.69, 9.17) is 11.6 Å². The van der Waals surface area contributed by atoms with Gasteiger partial charge >= 0.3 is 5.69 Å². The van der Waals surface area contributed by atoms with Crippen LogP contribution in [0.2, 0.25) is 5.15 Å². The molecule has 2 rings (SSSR count). The number of aromatic nitrogens is 1. The van der Waals surface area contributed by atoms with Crippen molar-refractivity contribution in [3.05, 3.63) is 33.1 Å². The van der Waals surface area contributed by atoms with Crippen LogP contribution in [0.25, 0.3) is 0 Å². The van der Waals surface area contributed by atoms with E-state index < -0.39 is 16.5 Å². The molecule has 0 aromatic carbocycles. The van der Waals surface area contributed by atoms with Crippen molar-refractivity contribution in [3.8, 4) is 0 Å². The van der Waals surface area contributed by atoms with Crippen molar-refractivity contribution in [2.45, 2.75) is 39.0 Å². The Labute approximate surface area is 128 Å². The lowest BCUT2D eigenvalue weighted by Gasteiger charge is -2.33. The van der Waals surface area contributed by atoms with Crippen LogP contribution in [-0.2, 0) is 0 Å². The van der Waals surface area contributed by atoms with Gasteiger partial charge in [0.1, 0.15) is 5.56 Å². The Kier molecular flexibility index (Phi) is 4.77. The molecule has 0 bridgehead atoms. The number of nitrogens with one attached hydrogen (secondary N) is 1. The fraction of sp³-hybridized carbons (Fsp3) is 0.571. The zero-order chi connectivity index (χ0) is 15.5. The molecule has 1 aliphatic rings. The van der Waals surface area contributed by atoms with E-state index in [0.717, 1.165) is 25.7 Å². The molecule has 0 unspecified atom stereocenters. The first-order valence-corrected chi connectivity index (χ1v) is 7.38. The predicted molar refractivity (Wildman–Crippen MR) is 79.4 cm³/mol. The second-order valence-electron chi connectivity index (χ2n) is 5.81. The van der Waals surface area contributed by atoms with Gasteiger partial charge in [-0.2, -0.15) is 0 Å². The normalized spacial score (nSPS) is 17.2. The zero-order valence-corrected chi connectivity index (χ0v) is 12.7. The molecule has 0 aliphatic heterocycles. The van der Waals surface area contributed by atoms with Crippen LogP contribution in [0.15, 0.2) is 12.3 Å². The number of amides is 1. The summed E-state index contributed by atoms with van der Waals surface area (Å²) in [5, 5.41) is 13.6. The number of nitrogens with zero attached hydrogens (tertiary/aromatic N) is 2. The van der Waals surface area contributed by atoms with Crippen molar-refractivity contribution < 1.29 is 9.72 Å². The molecule has 0 saturated heterocycles. The summed E-state index contributed by atoms with van der Waals surface area (Å²) in [5.74, 6) is -0.474. The summed E-state index contributed by atoms with van der Waals surface area (Å²) in [7, 11) is 0. The highest BCUT2D eigenvalue weighted by atomic mass is 35.5. The van der Waals surface area contributed by atoms with Gasteiger partial charge < -0.3 is 5.32 Å². The Balaban J connectivity index is 2.10. The number of carbonyl (C=O) groups is 1. The van der Waals surface area contributed by atoms with Crippen molar-refractivity contribution in [2.75, 3.05) is 6.54 Å². The van der Waals surface area contributed by atoms with Gasteiger partial charge in [-0.15, -0.1) is 0 Å². The van der Waals surface area contributed by atoms with Crippen LogP contribution in [0.3, 0.4) is 0 Å². The molecule has 114 valence electrons. The van der Waals surface area contributed by atoms with Crippen molar-refractivity contribution in [1.82, 2.24) is 10.3 Å². The van der Waals surface area contributed by atoms with E-state index >= 15 is 0 Å². The summed E-state index contributed by atoms with van der Waals surface area (Å²) in [6.45, 7) is 2.66. The molecule has 0 atom stereocenters. The Morgan fingerprint density at radius 2 is 2.14 bits per heavy atom. The van der Waals surface area contributed by atoms with E-state index in [0.29, 0.717) is 6.54 Å². The van der Waals surface area contributed by atoms with E-state index in [1.165, 1.54) is 18.7 Å². The topological polar surface area (TPSA) is 85.1 Å². The molecule has 1 heterocycles. The summed E-state index contributed by atoms with van der Waals surface area (Å²) < 4.78 is 0. The predicted octanol–water partition coefficient (Wildman–Crippen LogP) is 3.34. The lowest BCUT2D eigenvalue weighted by Crippen LogP contribution is -2.37. The third kappa shape index (κ3) is 3.69. The lowest BCUT2D eigenvalue weighted by molar-refractivity contribution is -0.385. The Morgan fingerprint density at radius 1 is 1.48 bits per heavy atom. The molecule has 0 spiro atoms. The zero-order valence-electron chi connectivity index (χ0n) is 11.9. The van der Waals surface area contributed by atoms with Gasteiger partial charge in [0.25, 0.3) is 5.91 Å². The van der Waals surface area contributed by atoms with Gasteiger partial charge in [0.15, 0.2) is 0 Å². The van der Waals surface area contributed by atoms with Crippen molar-refractivity contribution >= 4 is 23.2 Å². The number of carbonyl (C=O) groups excluding carboxylic acids is 1. The lowest BCUT2D eigenvalue weighted by atomic mass is 9.76. The molecule has 0 radical (unpaired) electrons. The second-order valence-corrected chi connectivity index (χ2v) is 6.17. The molecular formula is C14H18ClN3O3. The molecule has 7 heteroatoms. The van der Waals surface area contributed by atoms with Gasteiger partial charge in [0, 0.05) is 12.7 Å². The SMILES string of the molecule is CC1(CNC(=O)c2ccnc(Cl)c2[N+](=O)[O-])CCCCC1. The van der Waals surface area contributed by atoms with Crippen LogP contribution >= 0.6 is 11.6 Å². The maximum Gasteiger partial charge on any atom is 0.319 e. The smallest absolute Gasteiger partial charge is 0.319 e. The first-order valence-electron chi connectivity index (χ1n) is 7.00. The summed E-state index contributed by atoms with van der Waals surface area (Å²) in [5.41, 5.74) is -0.413. The molecule has 1 aromatic rings. The summed E-state index contributed by atoms with van der Waals surface area (Å²) >= 11 is 5.71. The van der Waals surface area contributed by atoms with Crippen LogP contribution in [0.4, 0.5) is 5.69 Å². The van der Waals surface area contributed by atoms with E-state index in [1.807, 2.05) is 0 Å². The number of nitro groups is 1. The highest BCUT2D eigenvalue weighted by Crippen LogP contribution is 2.35. The molecule has 1 N–H and O–H groups in total. The second kappa shape index (κ2) is 6.39. The highest BCUT2D eigenvalue weighted by molar-refractivity contribution is 6.32.